The summed E-state index contributed by atoms with van der Waals surface area (Å²) in [6.07, 6.45) is 0. The van der Waals surface area contributed by atoms with E-state index in [9.17, 15) is 4.79 Å². The first kappa shape index (κ1) is 15.5. The molecule has 1 N–H and O–H groups in total. The fourth-order valence-electron chi connectivity index (χ4n) is 1.83. The highest BCUT2D eigenvalue weighted by Gasteiger charge is 2.02. The van der Waals surface area contributed by atoms with E-state index in [-0.39, 0.29) is 5.56 Å². The molecule has 0 heterocycles. The van der Waals surface area contributed by atoms with Crippen LogP contribution in [0.1, 0.15) is 15.9 Å². The summed E-state index contributed by atoms with van der Waals surface area (Å²) in [4.78, 5) is 10.8. The number of rotatable bonds is 6. The molecule has 0 saturated heterocycles. The molecule has 0 aliphatic heterocycles. The summed E-state index contributed by atoms with van der Waals surface area (Å²) in [6, 6.07) is 14.0. The van der Waals surface area contributed by atoms with Gasteiger partial charge in [0.25, 0.3) is 0 Å². The van der Waals surface area contributed by atoms with E-state index in [1.165, 1.54) is 12.1 Å². The van der Waals surface area contributed by atoms with Crippen molar-refractivity contribution in [3.05, 3.63) is 59.7 Å². The molecule has 0 radical (unpaired) electrons. The molecule has 6 nitrogen and oxygen atoms in total. The Balaban J connectivity index is 1.95. The van der Waals surface area contributed by atoms with Crippen LogP contribution < -0.4 is 4.74 Å². The second-order valence-electron chi connectivity index (χ2n) is 4.71. The first-order valence-electron chi connectivity index (χ1n) is 6.67. The van der Waals surface area contributed by atoms with Crippen LogP contribution in [0.3, 0.4) is 0 Å². The summed E-state index contributed by atoms with van der Waals surface area (Å²) in [5.41, 5.74) is 1.92. The van der Waals surface area contributed by atoms with Gasteiger partial charge in [-0.15, -0.1) is 5.11 Å². The fourth-order valence-corrected chi connectivity index (χ4v) is 1.83. The lowest BCUT2D eigenvalue weighted by Crippen LogP contribution is -2.09. The van der Waals surface area contributed by atoms with Crippen molar-refractivity contribution in [1.82, 2.24) is 5.01 Å². The lowest BCUT2D eigenvalue weighted by Gasteiger charge is -2.11. The SMILES string of the molecule is COc1ccc(CN(C)N=Nc2ccc(C(=O)O)cc2)cc1. The predicted molar refractivity (Wildman–Crippen MR) is 82.4 cm³/mol. The lowest BCUT2D eigenvalue weighted by atomic mass is 10.2. The van der Waals surface area contributed by atoms with Gasteiger partial charge in [0.2, 0.25) is 0 Å². The van der Waals surface area contributed by atoms with Crippen LogP contribution in [0.25, 0.3) is 0 Å². The van der Waals surface area contributed by atoms with Crippen molar-refractivity contribution < 1.29 is 14.6 Å². The van der Waals surface area contributed by atoms with Crippen LogP contribution in [-0.2, 0) is 6.54 Å². The van der Waals surface area contributed by atoms with Crippen molar-refractivity contribution >= 4 is 11.7 Å². The highest BCUT2D eigenvalue weighted by molar-refractivity contribution is 5.87. The number of nitrogens with zero attached hydrogens (tertiary/aromatic N) is 3. The predicted octanol–water partition coefficient (Wildman–Crippen LogP) is 3.52. The van der Waals surface area contributed by atoms with Crippen LogP contribution >= 0.6 is 0 Å². The van der Waals surface area contributed by atoms with Crippen molar-refractivity contribution in [1.29, 1.82) is 0 Å². The fraction of sp³-hybridized carbons (Fsp3) is 0.188. The zero-order valence-electron chi connectivity index (χ0n) is 12.4. The molecular weight excluding hydrogens is 282 g/mol. The highest BCUT2D eigenvalue weighted by Crippen LogP contribution is 2.15. The van der Waals surface area contributed by atoms with Gasteiger partial charge >= 0.3 is 5.97 Å². The molecule has 2 aromatic carbocycles. The quantitative estimate of drug-likeness (QED) is 0.654. The number of ether oxygens (including phenoxy) is 1. The Morgan fingerprint density at radius 1 is 1.14 bits per heavy atom. The topological polar surface area (TPSA) is 74.5 Å². The molecule has 0 fully saturated rings. The molecule has 22 heavy (non-hydrogen) atoms. The molecule has 2 rings (SSSR count). The largest absolute Gasteiger partial charge is 0.497 e. The third-order valence-electron chi connectivity index (χ3n) is 3.00. The molecule has 0 saturated carbocycles. The lowest BCUT2D eigenvalue weighted by molar-refractivity contribution is 0.0697. The Morgan fingerprint density at radius 3 is 2.32 bits per heavy atom. The van der Waals surface area contributed by atoms with Gasteiger partial charge in [-0.1, -0.05) is 17.4 Å². The van der Waals surface area contributed by atoms with E-state index in [1.807, 2.05) is 31.3 Å². The van der Waals surface area contributed by atoms with Crippen LogP contribution in [-0.4, -0.2) is 30.2 Å². The maximum Gasteiger partial charge on any atom is 0.335 e. The van der Waals surface area contributed by atoms with Gasteiger partial charge in [-0.3, -0.25) is 5.01 Å². The number of carbonyl (C=O) groups is 1. The Morgan fingerprint density at radius 2 is 1.77 bits per heavy atom. The summed E-state index contributed by atoms with van der Waals surface area (Å²) in [6.45, 7) is 0.612. The van der Waals surface area contributed by atoms with Crippen LogP contribution in [0.2, 0.25) is 0 Å². The van der Waals surface area contributed by atoms with E-state index < -0.39 is 5.97 Å². The minimum Gasteiger partial charge on any atom is -0.497 e. The smallest absolute Gasteiger partial charge is 0.335 e. The minimum absolute atomic E-state index is 0.227. The van der Waals surface area contributed by atoms with Gasteiger partial charge in [0.05, 0.1) is 24.9 Å². The van der Waals surface area contributed by atoms with E-state index >= 15 is 0 Å². The second-order valence-corrected chi connectivity index (χ2v) is 4.71. The van der Waals surface area contributed by atoms with Gasteiger partial charge in [0.1, 0.15) is 5.75 Å². The Labute approximate surface area is 128 Å². The number of benzene rings is 2. The molecule has 0 spiro atoms. The average molecular weight is 299 g/mol. The third kappa shape index (κ3) is 4.31. The number of methoxy groups -OCH3 is 1. The maximum absolute atomic E-state index is 10.8. The molecule has 0 amide bonds. The molecule has 0 atom stereocenters. The summed E-state index contributed by atoms with van der Waals surface area (Å²) in [5.74, 6) is -0.147. The van der Waals surface area contributed by atoms with Crippen LogP contribution in [0, 0.1) is 0 Å². The number of hydrogen-bond donors (Lipinski definition) is 1. The number of carboxylic acid groups (broad SMARTS) is 1. The van der Waals surface area contributed by atoms with Crippen molar-refractivity contribution in [2.45, 2.75) is 6.54 Å². The molecule has 114 valence electrons. The van der Waals surface area contributed by atoms with Crippen molar-refractivity contribution in [3.63, 3.8) is 0 Å². The average Bonchev–Trinajstić information content (AvgIpc) is 2.54. The molecule has 0 aliphatic carbocycles. The zero-order chi connectivity index (χ0) is 15.9. The van der Waals surface area contributed by atoms with E-state index in [2.05, 4.69) is 10.3 Å². The second kappa shape index (κ2) is 7.21. The van der Waals surface area contributed by atoms with E-state index in [0.29, 0.717) is 12.2 Å². The molecule has 0 aromatic heterocycles. The maximum atomic E-state index is 10.8. The van der Waals surface area contributed by atoms with Gasteiger partial charge < -0.3 is 9.84 Å². The van der Waals surface area contributed by atoms with Gasteiger partial charge in [-0.05, 0) is 42.0 Å². The van der Waals surface area contributed by atoms with Crippen molar-refractivity contribution in [2.24, 2.45) is 10.3 Å². The van der Waals surface area contributed by atoms with E-state index in [4.69, 9.17) is 9.84 Å². The summed E-state index contributed by atoms with van der Waals surface area (Å²) in [5, 5.41) is 18.7. The normalized spacial score (nSPS) is 10.6. The van der Waals surface area contributed by atoms with Crippen LogP contribution in [0.15, 0.2) is 58.9 Å². The zero-order valence-corrected chi connectivity index (χ0v) is 12.4. The summed E-state index contributed by atoms with van der Waals surface area (Å²) >= 11 is 0. The number of aromatic carboxylic acids is 1. The third-order valence-corrected chi connectivity index (χ3v) is 3.00. The molecular formula is C16H17N3O3. The van der Waals surface area contributed by atoms with Gasteiger partial charge in [-0.2, -0.15) is 0 Å². The molecule has 2 aromatic rings. The summed E-state index contributed by atoms with van der Waals surface area (Å²) in [7, 11) is 3.45. The van der Waals surface area contributed by atoms with Crippen molar-refractivity contribution in [3.8, 4) is 5.75 Å². The number of carboxylic acids is 1. The molecule has 0 aliphatic rings. The standard InChI is InChI=1S/C16H17N3O3/c1-19(11-12-3-9-15(22-2)10-4-12)18-17-14-7-5-13(6-8-14)16(20)21/h3-10H,11H2,1-2H3,(H,20,21). The van der Waals surface area contributed by atoms with Crippen LogP contribution in [0.5, 0.6) is 5.75 Å². The monoisotopic (exact) mass is 299 g/mol. The summed E-state index contributed by atoms with van der Waals surface area (Å²) < 4.78 is 5.11. The number of hydrogen-bond acceptors (Lipinski definition) is 4. The van der Waals surface area contributed by atoms with Gasteiger partial charge in [0, 0.05) is 7.05 Å². The van der Waals surface area contributed by atoms with Crippen LogP contribution in [0.4, 0.5) is 5.69 Å². The Bertz CT molecular complexity index is 651. The first-order valence-corrected chi connectivity index (χ1v) is 6.67. The van der Waals surface area contributed by atoms with Gasteiger partial charge in [-0.25, -0.2) is 4.79 Å². The first-order chi connectivity index (χ1) is 10.6. The molecule has 0 unspecified atom stereocenters. The van der Waals surface area contributed by atoms with E-state index in [0.717, 1.165) is 11.3 Å². The molecule has 0 bridgehead atoms. The Hall–Kier alpha value is -2.89. The highest BCUT2D eigenvalue weighted by atomic mass is 16.5. The van der Waals surface area contributed by atoms with Crippen molar-refractivity contribution in [2.75, 3.05) is 14.2 Å². The van der Waals surface area contributed by atoms with E-state index in [1.54, 1.807) is 24.3 Å². The van der Waals surface area contributed by atoms with Gasteiger partial charge in [0.15, 0.2) is 0 Å². The molecule has 6 heteroatoms. The minimum atomic E-state index is -0.958. The Kier molecular flexibility index (Phi) is 5.08.